The Balaban J connectivity index is 2.26. The first-order chi connectivity index (χ1) is 9.91. The Kier molecular flexibility index (Phi) is 4.36. The Morgan fingerprint density at radius 2 is 1.71 bits per heavy atom. The highest BCUT2D eigenvalue weighted by Crippen LogP contribution is 2.22. The van der Waals surface area contributed by atoms with Crippen LogP contribution in [0.1, 0.15) is 34.5 Å². The Labute approximate surface area is 123 Å². The summed E-state index contributed by atoms with van der Waals surface area (Å²) in [6.07, 6.45) is 0. The van der Waals surface area contributed by atoms with Gasteiger partial charge in [-0.2, -0.15) is 0 Å². The SMILES string of the molecule is Cc1ccc(C(C)N(C)C(=O)c2cccc(F)c2F)cc1. The lowest BCUT2D eigenvalue weighted by atomic mass is 10.0. The average Bonchev–Trinajstić information content (AvgIpc) is 2.48. The van der Waals surface area contributed by atoms with Crippen LogP contribution in [0.3, 0.4) is 0 Å². The van der Waals surface area contributed by atoms with E-state index in [4.69, 9.17) is 0 Å². The van der Waals surface area contributed by atoms with Crippen LogP contribution in [0.25, 0.3) is 0 Å². The molecule has 0 saturated heterocycles. The molecule has 21 heavy (non-hydrogen) atoms. The van der Waals surface area contributed by atoms with Crippen molar-refractivity contribution in [3.8, 4) is 0 Å². The first kappa shape index (κ1) is 15.2. The van der Waals surface area contributed by atoms with Crippen LogP contribution in [0.15, 0.2) is 42.5 Å². The number of nitrogens with zero attached hydrogens (tertiary/aromatic N) is 1. The molecule has 0 aliphatic rings. The normalized spacial score (nSPS) is 12.0. The number of amides is 1. The average molecular weight is 289 g/mol. The summed E-state index contributed by atoms with van der Waals surface area (Å²) in [5.41, 5.74) is 1.81. The van der Waals surface area contributed by atoms with Gasteiger partial charge in [0.2, 0.25) is 0 Å². The standard InChI is InChI=1S/C17H17F2NO/c1-11-7-9-13(10-8-11)12(2)20(3)17(21)14-5-4-6-15(18)16(14)19/h4-10,12H,1-3H3. The van der Waals surface area contributed by atoms with Crippen molar-refractivity contribution in [3.05, 3.63) is 70.8 Å². The number of aryl methyl sites for hydroxylation is 1. The number of hydrogen-bond donors (Lipinski definition) is 0. The molecule has 0 spiro atoms. The molecule has 2 aromatic carbocycles. The summed E-state index contributed by atoms with van der Waals surface area (Å²) in [7, 11) is 1.58. The number of hydrogen-bond acceptors (Lipinski definition) is 1. The molecule has 0 bridgehead atoms. The smallest absolute Gasteiger partial charge is 0.257 e. The monoisotopic (exact) mass is 289 g/mol. The second kappa shape index (κ2) is 6.04. The zero-order valence-corrected chi connectivity index (χ0v) is 12.2. The lowest BCUT2D eigenvalue weighted by molar-refractivity contribution is 0.0736. The second-order valence-corrected chi connectivity index (χ2v) is 5.10. The lowest BCUT2D eigenvalue weighted by Gasteiger charge is -2.25. The zero-order chi connectivity index (χ0) is 15.6. The summed E-state index contributed by atoms with van der Waals surface area (Å²) in [6.45, 7) is 3.82. The third kappa shape index (κ3) is 3.10. The van der Waals surface area contributed by atoms with Crippen molar-refractivity contribution in [2.75, 3.05) is 7.05 Å². The van der Waals surface area contributed by atoms with Gasteiger partial charge in [-0.25, -0.2) is 8.78 Å². The predicted molar refractivity (Wildman–Crippen MR) is 78.0 cm³/mol. The third-order valence-electron chi connectivity index (χ3n) is 3.64. The van der Waals surface area contributed by atoms with Crippen LogP contribution in [0.4, 0.5) is 8.78 Å². The van der Waals surface area contributed by atoms with Gasteiger partial charge in [-0.05, 0) is 31.5 Å². The molecule has 0 fully saturated rings. The summed E-state index contributed by atoms with van der Waals surface area (Å²) in [6, 6.07) is 11.1. The fourth-order valence-electron chi connectivity index (χ4n) is 2.10. The molecule has 2 rings (SSSR count). The van der Waals surface area contributed by atoms with Crippen molar-refractivity contribution >= 4 is 5.91 Å². The molecular weight excluding hydrogens is 272 g/mol. The Bertz CT molecular complexity index is 652. The molecule has 1 atom stereocenters. The van der Waals surface area contributed by atoms with E-state index in [2.05, 4.69) is 0 Å². The van der Waals surface area contributed by atoms with E-state index in [1.807, 2.05) is 38.1 Å². The minimum atomic E-state index is -1.11. The van der Waals surface area contributed by atoms with Crippen molar-refractivity contribution < 1.29 is 13.6 Å². The molecule has 2 aromatic rings. The summed E-state index contributed by atoms with van der Waals surface area (Å²) >= 11 is 0. The van der Waals surface area contributed by atoms with Crippen molar-refractivity contribution in [2.45, 2.75) is 19.9 Å². The third-order valence-corrected chi connectivity index (χ3v) is 3.64. The van der Waals surface area contributed by atoms with Gasteiger partial charge < -0.3 is 4.90 Å². The highest BCUT2D eigenvalue weighted by atomic mass is 19.2. The minimum absolute atomic E-state index is 0.235. The number of halogens is 2. The Hall–Kier alpha value is -2.23. The number of carbonyl (C=O) groups excluding carboxylic acids is 1. The van der Waals surface area contributed by atoms with Crippen LogP contribution in [0, 0.1) is 18.6 Å². The highest BCUT2D eigenvalue weighted by Gasteiger charge is 2.22. The molecule has 0 heterocycles. The number of rotatable bonds is 3. The number of benzene rings is 2. The minimum Gasteiger partial charge on any atom is -0.335 e. The topological polar surface area (TPSA) is 20.3 Å². The molecule has 0 aliphatic carbocycles. The summed E-state index contributed by atoms with van der Waals surface area (Å²) < 4.78 is 26.9. The maximum Gasteiger partial charge on any atom is 0.257 e. The summed E-state index contributed by atoms with van der Waals surface area (Å²) in [5.74, 6) is -2.66. The maximum atomic E-state index is 13.7. The fraction of sp³-hybridized carbons (Fsp3) is 0.235. The van der Waals surface area contributed by atoms with Gasteiger partial charge in [0.25, 0.3) is 5.91 Å². The lowest BCUT2D eigenvalue weighted by Crippen LogP contribution is -2.30. The fourth-order valence-corrected chi connectivity index (χ4v) is 2.10. The molecule has 0 aliphatic heterocycles. The maximum absolute atomic E-state index is 13.7. The molecule has 0 aromatic heterocycles. The second-order valence-electron chi connectivity index (χ2n) is 5.10. The van der Waals surface area contributed by atoms with Gasteiger partial charge >= 0.3 is 0 Å². The van der Waals surface area contributed by atoms with Crippen LogP contribution in [-0.2, 0) is 0 Å². The molecule has 1 amide bonds. The van der Waals surface area contributed by atoms with Gasteiger partial charge in [0.05, 0.1) is 11.6 Å². The summed E-state index contributed by atoms with van der Waals surface area (Å²) in [4.78, 5) is 13.7. The van der Waals surface area contributed by atoms with E-state index in [0.29, 0.717) is 0 Å². The molecule has 1 unspecified atom stereocenters. The van der Waals surface area contributed by atoms with E-state index in [1.165, 1.54) is 17.0 Å². The first-order valence-corrected chi connectivity index (χ1v) is 6.69. The van der Waals surface area contributed by atoms with E-state index >= 15 is 0 Å². The number of carbonyl (C=O) groups is 1. The molecule has 2 nitrogen and oxygen atoms in total. The van der Waals surface area contributed by atoms with Gasteiger partial charge in [0, 0.05) is 7.05 Å². The van der Waals surface area contributed by atoms with E-state index in [1.54, 1.807) is 7.05 Å². The van der Waals surface area contributed by atoms with Gasteiger partial charge in [0.15, 0.2) is 11.6 Å². The van der Waals surface area contributed by atoms with Crippen LogP contribution in [-0.4, -0.2) is 17.9 Å². The predicted octanol–water partition coefficient (Wildman–Crippen LogP) is 4.11. The molecule has 0 N–H and O–H groups in total. The summed E-state index contributed by atoms with van der Waals surface area (Å²) in [5, 5.41) is 0. The van der Waals surface area contributed by atoms with Crippen molar-refractivity contribution in [1.29, 1.82) is 0 Å². The zero-order valence-electron chi connectivity index (χ0n) is 12.2. The molecular formula is C17H17F2NO. The molecule has 0 saturated carbocycles. The van der Waals surface area contributed by atoms with E-state index in [0.717, 1.165) is 17.2 Å². The Morgan fingerprint density at radius 3 is 2.33 bits per heavy atom. The van der Waals surface area contributed by atoms with Crippen molar-refractivity contribution in [1.82, 2.24) is 4.90 Å². The molecule has 4 heteroatoms. The van der Waals surface area contributed by atoms with Gasteiger partial charge in [0.1, 0.15) is 0 Å². The van der Waals surface area contributed by atoms with Gasteiger partial charge in [-0.15, -0.1) is 0 Å². The van der Waals surface area contributed by atoms with Gasteiger partial charge in [-0.3, -0.25) is 4.79 Å². The van der Waals surface area contributed by atoms with E-state index < -0.39 is 17.5 Å². The van der Waals surface area contributed by atoms with Crippen LogP contribution in [0.2, 0.25) is 0 Å². The quantitative estimate of drug-likeness (QED) is 0.833. The first-order valence-electron chi connectivity index (χ1n) is 6.69. The molecule has 0 radical (unpaired) electrons. The van der Waals surface area contributed by atoms with E-state index in [-0.39, 0.29) is 11.6 Å². The van der Waals surface area contributed by atoms with Crippen LogP contribution in [0.5, 0.6) is 0 Å². The largest absolute Gasteiger partial charge is 0.335 e. The van der Waals surface area contributed by atoms with Gasteiger partial charge in [-0.1, -0.05) is 35.9 Å². The highest BCUT2D eigenvalue weighted by molar-refractivity contribution is 5.94. The Morgan fingerprint density at radius 1 is 1.10 bits per heavy atom. The molecule has 110 valence electrons. The van der Waals surface area contributed by atoms with Crippen LogP contribution >= 0.6 is 0 Å². The van der Waals surface area contributed by atoms with Crippen molar-refractivity contribution in [2.24, 2.45) is 0 Å². The van der Waals surface area contributed by atoms with E-state index in [9.17, 15) is 13.6 Å². The van der Waals surface area contributed by atoms with Crippen molar-refractivity contribution in [3.63, 3.8) is 0 Å². The van der Waals surface area contributed by atoms with Crippen LogP contribution < -0.4 is 0 Å².